The highest BCUT2D eigenvalue weighted by Gasteiger charge is 2.37. The van der Waals surface area contributed by atoms with Gasteiger partial charge in [-0.15, -0.1) is 0 Å². The average Bonchev–Trinajstić information content (AvgIpc) is 2.54. The molecule has 2 rings (SSSR count). The second kappa shape index (κ2) is 7.29. The molecule has 22 heavy (non-hydrogen) atoms. The minimum Gasteiger partial charge on any atom is -0.481 e. The molecule has 0 aromatic carbocycles. The lowest BCUT2D eigenvalue weighted by molar-refractivity contribution is -0.151. The molecule has 2 atom stereocenters. The van der Waals surface area contributed by atoms with Gasteiger partial charge >= 0.3 is 12.1 Å². The number of carbonyl (C=O) groups excluding carboxylic acids is 2. The van der Waals surface area contributed by atoms with Crippen LogP contribution in [-0.2, 0) is 14.3 Å². The molecular formula is C15H22N2O5. The molecule has 7 nitrogen and oxygen atoms in total. The first-order chi connectivity index (χ1) is 10.5. The summed E-state index contributed by atoms with van der Waals surface area (Å²) in [4.78, 5) is 38.7. The number of carbonyl (C=O) groups is 3. The fourth-order valence-corrected chi connectivity index (χ4v) is 2.92. The van der Waals surface area contributed by atoms with Crippen molar-refractivity contribution in [1.29, 1.82) is 0 Å². The molecule has 7 heteroatoms. The lowest BCUT2D eigenvalue weighted by Gasteiger charge is -2.37. The topological polar surface area (TPSA) is 87.2 Å². The zero-order chi connectivity index (χ0) is 16.1. The number of rotatable bonds is 3. The van der Waals surface area contributed by atoms with E-state index in [0.29, 0.717) is 45.6 Å². The van der Waals surface area contributed by atoms with Gasteiger partial charge in [0, 0.05) is 26.2 Å². The summed E-state index contributed by atoms with van der Waals surface area (Å²) >= 11 is 0. The summed E-state index contributed by atoms with van der Waals surface area (Å²) in [5, 5.41) is 9.26. The highest BCUT2D eigenvalue weighted by molar-refractivity contribution is 5.85. The zero-order valence-corrected chi connectivity index (χ0v) is 12.7. The van der Waals surface area contributed by atoms with Gasteiger partial charge < -0.3 is 19.6 Å². The van der Waals surface area contributed by atoms with Crippen LogP contribution in [-0.4, -0.2) is 65.7 Å². The van der Waals surface area contributed by atoms with Crippen LogP contribution in [0.2, 0.25) is 0 Å². The Labute approximate surface area is 129 Å². The number of aliphatic carboxylic acids is 1. The van der Waals surface area contributed by atoms with Crippen molar-refractivity contribution in [3.05, 3.63) is 12.2 Å². The van der Waals surface area contributed by atoms with Gasteiger partial charge in [-0.1, -0.05) is 12.2 Å². The molecule has 0 bridgehead atoms. The Balaban J connectivity index is 1.93. The Hall–Kier alpha value is -2.05. The molecule has 1 saturated heterocycles. The van der Waals surface area contributed by atoms with Crippen LogP contribution in [0.1, 0.15) is 19.8 Å². The van der Waals surface area contributed by atoms with Gasteiger partial charge in [0.1, 0.15) is 0 Å². The van der Waals surface area contributed by atoms with E-state index in [9.17, 15) is 19.5 Å². The summed E-state index contributed by atoms with van der Waals surface area (Å²) in [6.07, 6.45) is 4.19. The summed E-state index contributed by atoms with van der Waals surface area (Å²) in [7, 11) is 0. The van der Waals surface area contributed by atoms with Crippen molar-refractivity contribution in [2.24, 2.45) is 11.8 Å². The molecule has 2 aliphatic rings. The van der Waals surface area contributed by atoms with Crippen molar-refractivity contribution in [1.82, 2.24) is 9.80 Å². The van der Waals surface area contributed by atoms with Crippen LogP contribution >= 0.6 is 0 Å². The van der Waals surface area contributed by atoms with Crippen molar-refractivity contribution in [2.45, 2.75) is 19.8 Å². The van der Waals surface area contributed by atoms with Crippen molar-refractivity contribution in [3.8, 4) is 0 Å². The van der Waals surface area contributed by atoms with Gasteiger partial charge in [-0.2, -0.15) is 0 Å². The van der Waals surface area contributed by atoms with E-state index in [2.05, 4.69) is 0 Å². The van der Waals surface area contributed by atoms with Gasteiger partial charge in [0.15, 0.2) is 0 Å². The van der Waals surface area contributed by atoms with E-state index in [1.54, 1.807) is 16.7 Å². The van der Waals surface area contributed by atoms with Crippen LogP contribution in [0.5, 0.6) is 0 Å². The molecule has 0 aromatic rings. The van der Waals surface area contributed by atoms with Gasteiger partial charge in [-0.05, 0) is 19.8 Å². The number of carboxylic acids is 1. The standard InChI is InChI=1S/C15H22N2O5/c1-2-22-15(21)17-9-7-16(8-10-17)13(18)11-5-3-4-6-12(11)14(19)20/h3-4,11-12H,2,5-10H2,1H3,(H,19,20)/t11-,12-/m1/s1. The van der Waals surface area contributed by atoms with E-state index in [-0.39, 0.29) is 12.0 Å². The first-order valence-corrected chi connectivity index (χ1v) is 7.63. The molecule has 0 unspecified atom stereocenters. The Bertz CT molecular complexity index is 469. The summed E-state index contributed by atoms with van der Waals surface area (Å²) in [5.74, 6) is -2.20. The third-order valence-corrected chi connectivity index (χ3v) is 4.18. The van der Waals surface area contributed by atoms with Crippen LogP contribution in [0.3, 0.4) is 0 Å². The smallest absolute Gasteiger partial charge is 0.409 e. The number of nitrogens with zero attached hydrogens (tertiary/aromatic N) is 2. The number of allylic oxidation sites excluding steroid dienone is 2. The molecule has 1 aliphatic heterocycles. The second-order valence-electron chi connectivity index (χ2n) is 5.51. The Morgan fingerprint density at radius 3 is 2.14 bits per heavy atom. The van der Waals surface area contributed by atoms with Gasteiger partial charge in [-0.3, -0.25) is 9.59 Å². The lowest BCUT2D eigenvalue weighted by atomic mass is 9.82. The summed E-state index contributed by atoms with van der Waals surface area (Å²) in [6.45, 7) is 3.76. The molecule has 1 N–H and O–H groups in total. The first kappa shape index (κ1) is 16.3. The van der Waals surface area contributed by atoms with Crippen molar-refractivity contribution in [3.63, 3.8) is 0 Å². The van der Waals surface area contributed by atoms with Gasteiger partial charge in [0.2, 0.25) is 5.91 Å². The molecule has 0 saturated carbocycles. The van der Waals surface area contributed by atoms with Crippen molar-refractivity contribution in [2.75, 3.05) is 32.8 Å². The maximum absolute atomic E-state index is 12.6. The fourth-order valence-electron chi connectivity index (χ4n) is 2.92. The normalized spacial score (nSPS) is 25.0. The maximum Gasteiger partial charge on any atom is 0.409 e. The summed E-state index contributed by atoms with van der Waals surface area (Å²) in [6, 6.07) is 0. The number of ether oxygens (including phenoxy) is 1. The van der Waals surface area contributed by atoms with E-state index < -0.39 is 17.8 Å². The molecule has 1 heterocycles. The number of amides is 2. The number of carboxylic acid groups (broad SMARTS) is 1. The van der Waals surface area contributed by atoms with Crippen LogP contribution < -0.4 is 0 Å². The molecule has 0 aromatic heterocycles. The molecule has 2 amide bonds. The third-order valence-electron chi connectivity index (χ3n) is 4.18. The van der Waals surface area contributed by atoms with E-state index in [0.717, 1.165) is 0 Å². The number of hydrogen-bond acceptors (Lipinski definition) is 4. The third kappa shape index (κ3) is 3.58. The fraction of sp³-hybridized carbons (Fsp3) is 0.667. The zero-order valence-electron chi connectivity index (χ0n) is 12.7. The molecule has 1 aliphatic carbocycles. The van der Waals surface area contributed by atoms with Crippen LogP contribution in [0, 0.1) is 11.8 Å². The first-order valence-electron chi connectivity index (χ1n) is 7.63. The minimum absolute atomic E-state index is 0.125. The van der Waals surface area contributed by atoms with Gasteiger partial charge in [-0.25, -0.2) is 4.79 Å². The monoisotopic (exact) mass is 310 g/mol. The van der Waals surface area contributed by atoms with Gasteiger partial charge in [0.25, 0.3) is 0 Å². The average molecular weight is 310 g/mol. The van der Waals surface area contributed by atoms with E-state index in [4.69, 9.17) is 4.74 Å². The summed E-state index contributed by atoms with van der Waals surface area (Å²) < 4.78 is 4.94. The SMILES string of the molecule is CCOC(=O)N1CCN(C(=O)[C@@H]2CC=CC[C@H]2C(=O)O)CC1. The van der Waals surface area contributed by atoms with Crippen LogP contribution in [0.25, 0.3) is 0 Å². The highest BCUT2D eigenvalue weighted by atomic mass is 16.6. The van der Waals surface area contributed by atoms with Crippen LogP contribution in [0.15, 0.2) is 12.2 Å². The molecule has 0 radical (unpaired) electrons. The number of piperazine rings is 1. The van der Waals surface area contributed by atoms with Crippen LogP contribution in [0.4, 0.5) is 4.79 Å². The minimum atomic E-state index is -0.923. The van der Waals surface area contributed by atoms with E-state index in [1.807, 2.05) is 12.2 Å². The molecular weight excluding hydrogens is 288 g/mol. The predicted molar refractivity (Wildman–Crippen MR) is 78.2 cm³/mol. The molecule has 0 spiro atoms. The largest absolute Gasteiger partial charge is 0.481 e. The second-order valence-corrected chi connectivity index (χ2v) is 5.51. The number of hydrogen-bond donors (Lipinski definition) is 1. The quantitative estimate of drug-likeness (QED) is 0.784. The van der Waals surface area contributed by atoms with Gasteiger partial charge in [0.05, 0.1) is 18.4 Å². The highest BCUT2D eigenvalue weighted by Crippen LogP contribution is 2.28. The molecule has 1 fully saturated rings. The summed E-state index contributed by atoms with van der Waals surface area (Å²) in [5.41, 5.74) is 0. The lowest BCUT2D eigenvalue weighted by Crippen LogP contribution is -2.53. The Morgan fingerprint density at radius 1 is 1.05 bits per heavy atom. The van der Waals surface area contributed by atoms with E-state index >= 15 is 0 Å². The van der Waals surface area contributed by atoms with Crippen molar-refractivity contribution >= 4 is 18.0 Å². The molecule has 122 valence electrons. The maximum atomic E-state index is 12.6. The van der Waals surface area contributed by atoms with Crippen molar-refractivity contribution < 1.29 is 24.2 Å². The Kier molecular flexibility index (Phi) is 5.41. The predicted octanol–water partition coefficient (Wildman–Crippen LogP) is 0.954. The Morgan fingerprint density at radius 2 is 1.59 bits per heavy atom. The van der Waals surface area contributed by atoms with E-state index in [1.165, 1.54) is 0 Å².